The summed E-state index contributed by atoms with van der Waals surface area (Å²) in [5.74, 6) is 1.84. The summed E-state index contributed by atoms with van der Waals surface area (Å²) >= 11 is 0. The molecule has 0 saturated carbocycles. The third kappa shape index (κ3) is 2.97. The molecule has 0 aromatic heterocycles. The molecule has 4 heteroatoms. The molecule has 0 bridgehead atoms. The molecule has 1 heterocycles. The van der Waals surface area contributed by atoms with Gasteiger partial charge in [-0.25, -0.2) is 9.98 Å². The molecule has 0 aliphatic carbocycles. The van der Waals surface area contributed by atoms with E-state index in [0.717, 1.165) is 11.8 Å². The maximum absolute atomic E-state index is 5.54. The maximum atomic E-state index is 5.54. The van der Waals surface area contributed by atoms with Crippen molar-refractivity contribution in [1.82, 2.24) is 0 Å². The molecule has 92 valence electrons. The first-order valence-corrected chi connectivity index (χ1v) is 6.01. The highest BCUT2D eigenvalue weighted by Gasteiger charge is 2.28. The van der Waals surface area contributed by atoms with Crippen molar-refractivity contribution < 1.29 is 9.47 Å². The number of hydrogen-bond acceptors (Lipinski definition) is 4. The zero-order valence-electron chi connectivity index (χ0n) is 10.9. The molecule has 0 N–H and O–H groups in total. The summed E-state index contributed by atoms with van der Waals surface area (Å²) in [5.41, 5.74) is 0. The van der Waals surface area contributed by atoms with Crippen LogP contribution < -0.4 is 0 Å². The first-order valence-electron chi connectivity index (χ1n) is 6.01. The molecule has 0 fully saturated rings. The zero-order valence-corrected chi connectivity index (χ0v) is 10.9. The number of ether oxygens (including phenoxy) is 2. The fourth-order valence-electron chi connectivity index (χ4n) is 1.63. The van der Waals surface area contributed by atoms with Gasteiger partial charge in [0.05, 0.1) is 13.2 Å². The summed E-state index contributed by atoms with van der Waals surface area (Å²) in [6, 6.07) is -0.0331. The normalized spacial score (nSPS) is 25.1. The Balaban J connectivity index is 2.85. The summed E-state index contributed by atoms with van der Waals surface area (Å²) in [6.07, 6.45) is 0. The first kappa shape index (κ1) is 13.0. The molecule has 0 aromatic rings. The molecule has 1 aliphatic rings. The Morgan fingerprint density at radius 1 is 1.06 bits per heavy atom. The molecule has 0 radical (unpaired) electrons. The third-order valence-corrected chi connectivity index (χ3v) is 2.41. The van der Waals surface area contributed by atoms with Crippen molar-refractivity contribution in [2.24, 2.45) is 15.9 Å². The summed E-state index contributed by atoms with van der Waals surface area (Å²) in [5, 5.41) is 0. The van der Waals surface area contributed by atoms with Gasteiger partial charge in [0.15, 0.2) is 0 Å². The van der Waals surface area contributed by atoms with E-state index in [1.54, 1.807) is 0 Å². The molecule has 1 unspecified atom stereocenters. The SMILES string of the molecule is CCOC1=N[C@@H](C)C(OCC)=NC1C(C)C. The van der Waals surface area contributed by atoms with Crippen LogP contribution in [0.2, 0.25) is 0 Å². The third-order valence-electron chi connectivity index (χ3n) is 2.41. The van der Waals surface area contributed by atoms with E-state index in [-0.39, 0.29) is 12.1 Å². The van der Waals surface area contributed by atoms with Crippen LogP contribution in [-0.4, -0.2) is 37.1 Å². The van der Waals surface area contributed by atoms with E-state index in [0.29, 0.717) is 19.1 Å². The van der Waals surface area contributed by atoms with Crippen LogP contribution in [0.3, 0.4) is 0 Å². The summed E-state index contributed by atoms with van der Waals surface area (Å²) in [6.45, 7) is 11.4. The van der Waals surface area contributed by atoms with Crippen molar-refractivity contribution in [1.29, 1.82) is 0 Å². The molecular formula is C12H22N2O2. The molecule has 16 heavy (non-hydrogen) atoms. The Hall–Kier alpha value is -1.06. The smallest absolute Gasteiger partial charge is 0.209 e. The lowest BCUT2D eigenvalue weighted by Gasteiger charge is -2.26. The largest absolute Gasteiger partial charge is 0.480 e. The van der Waals surface area contributed by atoms with Crippen LogP contribution in [0.15, 0.2) is 9.98 Å². The monoisotopic (exact) mass is 226 g/mol. The van der Waals surface area contributed by atoms with E-state index in [1.807, 2.05) is 20.8 Å². The van der Waals surface area contributed by atoms with E-state index >= 15 is 0 Å². The number of nitrogens with zero attached hydrogens (tertiary/aromatic N) is 2. The lowest BCUT2D eigenvalue weighted by Crippen LogP contribution is -2.37. The predicted octanol–water partition coefficient (Wildman–Crippen LogP) is 2.28. The second-order valence-electron chi connectivity index (χ2n) is 4.17. The minimum absolute atomic E-state index is 0.00213. The van der Waals surface area contributed by atoms with Gasteiger partial charge < -0.3 is 9.47 Å². The Morgan fingerprint density at radius 3 is 2.12 bits per heavy atom. The van der Waals surface area contributed by atoms with Crippen LogP contribution in [0, 0.1) is 5.92 Å². The lowest BCUT2D eigenvalue weighted by atomic mass is 10.0. The van der Waals surface area contributed by atoms with E-state index in [4.69, 9.17) is 9.47 Å². The zero-order chi connectivity index (χ0) is 12.1. The molecule has 0 saturated heterocycles. The van der Waals surface area contributed by atoms with Gasteiger partial charge in [-0.2, -0.15) is 0 Å². The number of hydrogen-bond donors (Lipinski definition) is 0. The minimum atomic E-state index is -0.0310. The molecule has 0 aromatic carbocycles. The van der Waals surface area contributed by atoms with Crippen molar-refractivity contribution >= 4 is 11.8 Å². The fourth-order valence-corrected chi connectivity index (χ4v) is 1.63. The van der Waals surface area contributed by atoms with Crippen molar-refractivity contribution in [2.75, 3.05) is 13.2 Å². The summed E-state index contributed by atoms with van der Waals surface area (Å²) in [7, 11) is 0. The van der Waals surface area contributed by atoms with Crippen molar-refractivity contribution in [2.45, 2.75) is 46.7 Å². The van der Waals surface area contributed by atoms with Gasteiger partial charge in [-0.3, -0.25) is 0 Å². The standard InChI is InChI=1S/C12H22N2O2/c1-6-15-11-9(5)13-12(16-7-2)10(14-11)8(3)4/h8-10H,6-7H2,1-5H3/t9-,10?/m0/s1. The van der Waals surface area contributed by atoms with Gasteiger partial charge in [0.25, 0.3) is 0 Å². The van der Waals surface area contributed by atoms with Gasteiger partial charge in [-0.15, -0.1) is 0 Å². The highest BCUT2D eigenvalue weighted by atomic mass is 16.5. The maximum Gasteiger partial charge on any atom is 0.209 e. The van der Waals surface area contributed by atoms with Crippen LogP contribution in [0.5, 0.6) is 0 Å². The molecule has 4 nitrogen and oxygen atoms in total. The second kappa shape index (κ2) is 5.87. The molecule has 2 atom stereocenters. The molecule has 0 amide bonds. The lowest BCUT2D eigenvalue weighted by molar-refractivity contribution is 0.278. The van der Waals surface area contributed by atoms with Crippen LogP contribution in [-0.2, 0) is 9.47 Å². The Labute approximate surface area is 97.8 Å². The number of rotatable bonds is 3. The van der Waals surface area contributed by atoms with E-state index in [2.05, 4.69) is 23.8 Å². The average molecular weight is 226 g/mol. The van der Waals surface area contributed by atoms with Gasteiger partial charge in [0.1, 0.15) is 12.1 Å². The molecule has 0 spiro atoms. The van der Waals surface area contributed by atoms with Gasteiger partial charge >= 0.3 is 0 Å². The first-order chi connectivity index (χ1) is 7.60. The number of aliphatic imine (C=N–C) groups is 2. The van der Waals surface area contributed by atoms with Crippen LogP contribution in [0.4, 0.5) is 0 Å². The second-order valence-corrected chi connectivity index (χ2v) is 4.17. The predicted molar refractivity (Wildman–Crippen MR) is 66.2 cm³/mol. The van der Waals surface area contributed by atoms with Gasteiger partial charge in [-0.1, -0.05) is 13.8 Å². The Morgan fingerprint density at radius 2 is 1.62 bits per heavy atom. The van der Waals surface area contributed by atoms with Gasteiger partial charge in [0.2, 0.25) is 11.8 Å². The fraction of sp³-hybridized carbons (Fsp3) is 0.833. The molecule has 1 aliphatic heterocycles. The van der Waals surface area contributed by atoms with Crippen LogP contribution in [0.25, 0.3) is 0 Å². The Kier molecular flexibility index (Phi) is 4.77. The quantitative estimate of drug-likeness (QED) is 0.741. The minimum Gasteiger partial charge on any atom is -0.480 e. The van der Waals surface area contributed by atoms with E-state index in [1.165, 1.54) is 0 Å². The van der Waals surface area contributed by atoms with Crippen LogP contribution >= 0.6 is 0 Å². The summed E-state index contributed by atoms with van der Waals surface area (Å²) < 4.78 is 11.0. The molecule has 1 rings (SSSR count). The van der Waals surface area contributed by atoms with Crippen molar-refractivity contribution in [3.8, 4) is 0 Å². The van der Waals surface area contributed by atoms with Crippen molar-refractivity contribution in [3.63, 3.8) is 0 Å². The Bertz CT molecular complexity index is 285. The van der Waals surface area contributed by atoms with Crippen LogP contribution in [0.1, 0.15) is 34.6 Å². The highest BCUT2D eigenvalue weighted by Crippen LogP contribution is 2.17. The van der Waals surface area contributed by atoms with Gasteiger partial charge in [-0.05, 0) is 26.7 Å². The van der Waals surface area contributed by atoms with Crippen molar-refractivity contribution in [3.05, 3.63) is 0 Å². The highest BCUT2D eigenvalue weighted by molar-refractivity contribution is 5.93. The van der Waals surface area contributed by atoms with E-state index < -0.39 is 0 Å². The molecular weight excluding hydrogens is 204 g/mol. The average Bonchev–Trinajstić information content (AvgIpc) is 2.22. The summed E-state index contributed by atoms with van der Waals surface area (Å²) in [4.78, 5) is 9.10. The van der Waals surface area contributed by atoms with Gasteiger partial charge in [0, 0.05) is 0 Å². The topological polar surface area (TPSA) is 43.2 Å². The van der Waals surface area contributed by atoms with E-state index in [9.17, 15) is 0 Å².